The maximum Gasteiger partial charge on any atom is 0.251 e. The van der Waals surface area contributed by atoms with E-state index in [4.69, 9.17) is 11.6 Å². The van der Waals surface area contributed by atoms with Gasteiger partial charge in [0.25, 0.3) is 5.91 Å². The summed E-state index contributed by atoms with van der Waals surface area (Å²) in [5, 5.41) is 15.9. The van der Waals surface area contributed by atoms with Crippen LogP contribution in [0.4, 0.5) is 5.69 Å². The van der Waals surface area contributed by atoms with Crippen LogP contribution in [-0.2, 0) is 11.3 Å². The average Bonchev–Trinajstić information content (AvgIpc) is 3.20. The minimum absolute atomic E-state index is 0.0607. The molecule has 7 nitrogen and oxygen atoms in total. The van der Waals surface area contributed by atoms with E-state index in [2.05, 4.69) is 27.4 Å². The van der Waals surface area contributed by atoms with Gasteiger partial charge in [0.2, 0.25) is 5.91 Å². The fraction of sp³-hybridized carbons (Fsp3) is 0.308. The largest absolute Gasteiger partial charge is 0.342 e. The molecule has 0 spiro atoms. The summed E-state index contributed by atoms with van der Waals surface area (Å²) in [5.74, 6) is 0.498. The number of benzene rings is 2. The topological polar surface area (TPSA) is 88.9 Å². The zero-order chi connectivity index (χ0) is 25.5. The van der Waals surface area contributed by atoms with Crippen molar-refractivity contribution in [1.29, 1.82) is 0 Å². The predicted molar refractivity (Wildman–Crippen MR) is 142 cm³/mol. The van der Waals surface area contributed by atoms with E-state index in [9.17, 15) is 9.59 Å². The number of nitrogens with zero attached hydrogens (tertiary/aromatic N) is 3. The highest BCUT2D eigenvalue weighted by molar-refractivity contribution is 7.99. The van der Waals surface area contributed by atoms with Gasteiger partial charge < -0.3 is 15.2 Å². The van der Waals surface area contributed by atoms with Gasteiger partial charge in [0.1, 0.15) is 0 Å². The molecule has 35 heavy (non-hydrogen) atoms. The Bertz CT molecular complexity index is 1220. The molecule has 0 radical (unpaired) electrons. The number of hydrogen-bond donors (Lipinski definition) is 2. The number of amides is 2. The Hall–Kier alpha value is -3.10. The quantitative estimate of drug-likeness (QED) is 0.273. The second kappa shape index (κ2) is 12.0. The van der Waals surface area contributed by atoms with Crippen LogP contribution in [0.3, 0.4) is 0 Å². The molecule has 2 amide bonds. The van der Waals surface area contributed by atoms with Crippen LogP contribution in [0.2, 0.25) is 5.02 Å². The number of hydrogen-bond acceptors (Lipinski definition) is 5. The number of allylic oxidation sites excluding steroid dienone is 1. The van der Waals surface area contributed by atoms with Crippen LogP contribution in [0.15, 0.2) is 60.3 Å². The Morgan fingerprint density at radius 1 is 1.17 bits per heavy atom. The molecule has 0 saturated heterocycles. The second-order valence-corrected chi connectivity index (χ2v) is 9.98. The van der Waals surface area contributed by atoms with Gasteiger partial charge in [-0.05, 0) is 55.7 Å². The lowest BCUT2D eigenvalue weighted by atomic mass is 10.0. The molecule has 2 N–H and O–H groups in total. The van der Waals surface area contributed by atoms with Crippen LogP contribution in [0.1, 0.15) is 47.2 Å². The number of anilines is 1. The molecule has 184 valence electrons. The molecule has 0 saturated carbocycles. The molecule has 0 bridgehead atoms. The van der Waals surface area contributed by atoms with Crippen molar-refractivity contribution in [3.05, 3.63) is 82.7 Å². The average molecular weight is 512 g/mol. The van der Waals surface area contributed by atoms with Crippen molar-refractivity contribution in [3.8, 4) is 0 Å². The third-order valence-corrected chi connectivity index (χ3v) is 6.57. The van der Waals surface area contributed by atoms with E-state index in [1.165, 1.54) is 11.8 Å². The number of carbonyl (C=O) groups is 2. The van der Waals surface area contributed by atoms with Gasteiger partial charge in [0.05, 0.1) is 11.8 Å². The number of aryl methyl sites for hydroxylation is 2. The van der Waals surface area contributed by atoms with E-state index in [0.717, 1.165) is 11.1 Å². The third-order valence-electron chi connectivity index (χ3n) is 5.36. The SMILES string of the molecule is C=CCn1c(SCC(=O)Nc2ccc(Cl)cc2C)nnc1[C@@H](NC(=O)c1cccc(C)c1)C(C)C. The van der Waals surface area contributed by atoms with Gasteiger partial charge >= 0.3 is 0 Å². The number of rotatable bonds is 10. The maximum absolute atomic E-state index is 12.9. The summed E-state index contributed by atoms with van der Waals surface area (Å²) in [4.78, 5) is 25.5. The fourth-order valence-corrected chi connectivity index (χ4v) is 4.54. The van der Waals surface area contributed by atoms with Gasteiger partial charge in [-0.15, -0.1) is 16.8 Å². The minimum Gasteiger partial charge on any atom is -0.342 e. The summed E-state index contributed by atoms with van der Waals surface area (Å²) in [6, 6.07) is 12.4. The van der Waals surface area contributed by atoms with Crippen LogP contribution >= 0.6 is 23.4 Å². The van der Waals surface area contributed by atoms with Crippen molar-refractivity contribution in [2.45, 2.75) is 45.4 Å². The van der Waals surface area contributed by atoms with Gasteiger partial charge in [-0.3, -0.25) is 9.59 Å². The fourth-order valence-electron chi connectivity index (χ4n) is 3.56. The van der Waals surface area contributed by atoms with Crippen LogP contribution in [0.5, 0.6) is 0 Å². The summed E-state index contributed by atoms with van der Waals surface area (Å²) >= 11 is 7.28. The number of nitrogens with one attached hydrogen (secondary N) is 2. The summed E-state index contributed by atoms with van der Waals surface area (Å²) < 4.78 is 1.89. The number of aromatic nitrogens is 3. The van der Waals surface area contributed by atoms with Gasteiger partial charge in [-0.1, -0.05) is 61.0 Å². The molecular formula is C26H30ClN5O2S. The van der Waals surface area contributed by atoms with Crippen LogP contribution in [0, 0.1) is 19.8 Å². The van der Waals surface area contributed by atoms with Crippen molar-refractivity contribution >= 4 is 40.9 Å². The zero-order valence-electron chi connectivity index (χ0n) is 20.3. The molecule has 0 unspecified atom stereocenters. The highest BCUT2D eigenvalue weighted by Crippen LogP contribution is 2.26. The first-order chi connectivity index (χ1) is 16.7. The monoisotopic (exact) mass is 511 g/mol. The van der Waals surface area contributed by atoms with E-state index < -0.39 is 0 Å². The van der Waals surface area contributed by atoms with Gasteiger partial charge in [-0.2, -0.15) is 0 Å². The van der Waals surface area contributed by atoms with Crippen LogP contribution in [0.25, 0.3) is 0 Å². The van der Waals surface area contributed by atoms with Crippen LogP contribution in [-0.4, -0.2) is 32.3 Å². The lowest BCUT2D eigenvalue weighted by Crippen LogP contribution is -2.34. The molecular weight excluding hydrogens is 482 g/mol. The third kappa shape index (κ3) is 6.96. The highest BCUT2D eigenvalue weighted by Gasteiger charge is 2.26. The molecule has 1 heterocycles. The van der Waals surface area contributed by atoms with Gasteiger partial charge in [-0.25, -0.2) is 0 Å². The Labute approximate surface area is 215 Å². The van der Waals surface area contributed by atoms with Crippen molar-refractivity contribution in [1.82, 2.24) is 20.1 Å². The molecule has 2 aromatic carbocycles. The molecule has 1 atom stereocenters. The first kappa shape index (κ1) is 26.5. The standard InChI is InChI=1S/C26H30ClN5O2S/c1-6-12-32-24(23(16(2)3)29-25(34)19-9-7-8-17(4)13-19)30-31-26(32)35-15-22(33)28-21-11-10-20(27)14-18(21)5/h6-11,13-14,16,23H,1,12,15H2,2-5H3,(H,28,33)(H,29,34)/t23-/m0/s1. The lowest BCUT2D eigenvalue weighted by Gasteiger charge is -2.22. The Morgan fingerprint density at radius 2 is 1.94 bits per heavy atom. The molecule has 0 fully saturated rings. The summed E-state index contributed by atoms with van der Waals surface area (Å²) in [6.45, 7) is 12.2. The summed E-state index contributed by atoms with van der Waals surface area (Å²) in [6.07, 6.45) is 1.74. The van der Waals surface area contributed by atoms with Gasteiger partial charge in [0, 0.05) is 22.8 Å². The lowest BCUT2D eigenvalue weighted by molar-refractivity contribution is -0.113. The predicted octanol–water partition coefficient (Wildman–Crippen LogP) is 5.59. The zero-order valence-corrected chi connectivity index (χ0v) is 21.9. The number of carbonyl (C=O) groups excluding carboxylic acids is 2. The van der Waals surface area contributed by atoms with Crippen molar-refractivity contribution < 1.29 is 9.59 Å². The Kier molecular flexibility index (Phi) is 9.12. The molecule has 0 aliphatic rings. The van der Waals surface area contributed by atoms with E-state index in [0.29, 0.717) is 33.8 Å². The van der Waals surface area contributed by atoms with Crippen molar-refractivity contribution in [2.24, 2.45) is 5.92 Å². The first-order valence-electron chi connectivity index (χ1n) is 11.3. The maximum atomic E-state index is 12.9. The summed E-state index contributed by atoms with van der Waals surface area (Å²) in [5.41, 5.74) is 3.21. The normalized spacial score (nSPS) is 11.8. The minimum atomic E-state index is -0.365. The van der Waals surface area contributed by atoms with E-state index in [1.54, 1.807) is 30.3 Å². The van der Waals surface area contributed by atoms with E-state index in [-0.39, 0.29) is 29.5 Å². The molecule has 0 aliphatic heterocycles. The first-order valence-corrected chi connectivity index (χ1v) is 12.7. The molecule has 3 aromatic rings. The molecule has 9 heteroatoms. The van der Waals surface area contributed by atoms with Crippen molar-refractivity contribution in [2.75, 3.05) is 11.1 Å². The van der Waals surface area contributed by atoms with E-state index >= 15 is 0 Å². The molecule has 0 aliphatic carbocycles. The highest BCUT2D eigenvalue weighted by atomic mass is 35.5. The second-order valence-electron chi connectivity index (χ2n) is 8.60. The Balaban J connectivity index is 1.75. The number of thioether (sulfide) groups is 1. The number of halogens is 1. The van der Waals surface area contributed by atoms with Crippen molar-refractivity contribution in [3.63, 3.8) is 0 Å². The molecule has 1 aromatic heterocycles. The Morgan fingerprint density at radius 3 is 2.60 bits per heavy atom. The molecule has 3 rings (SSSR count). The van der Waals surface area contributed by atoms with Crippen LogP contribution < -0.4 is 10.6 Å². The van der Waals surface area contributed by atoms with Gasteiger partial charge in [0.15, 0.2) is 11.0 Å². The van der Waals surface area contributed by atoms with E-state index in [1.807, 2.05) is 50.5 Å². The summed E-state index contributed by atoms with van der Waals surface area (Å²) in [7, 11) is 0. The smallest absolute Gasteiger partial charge is 0.251 e.